The van der Waals surface area contributed by atoms with Crippen molar-refractivity contribution in [3.05, 3.63) is 63.9 Å². The molecule has 3 nitrogen and oxygen atoms in total. The summed E-state index contributed by atoms with van der Waals surface area (Å²) < 4.78 is 19.0. The zero-order valence-corrected chi connectivity index (χ0v) is 11.7. The van der Waals surface area contributed by atoms with E-state index in [1.165, 1.54) is 6.07 Å². The summed E-state index contributed by atoms with van der Waals surface area (Å²) in [5.74, 6) is -0.270. The van der Waals surface area contributed by atoms with E-state index in [1.807, 2.05) is 6.92 Å². The topological polar surface area (TPSA) is 59.1 Å². The van der Waals surface area contributed by atoms with Gasteiger partial charge < -0.3 is 10.5 Å². The molecule has 20 heavy (non-hydrogen) atoms. The Balaban J connectivity index is 2.15. The molecule has 0 aliphatic heterocycles. The van der Waals surface area contributed by atoms with E-state index >= 15 is 0 Å². The fourth-order valence-corrected chi connectivity index (χ4v) is 1.94. The lowest BCUT2D eigenvalue weighted by atomic mass is 10.1. The first-order valence-corrected chi connectivity index (χ1v) is 6.37. The quantitative estimate of drug-likeness (QED) is 0.667. The maximum absolute atomic E-state index is 13.5. The lowest BCUT2D eigenvalue weighted by Crippen LogP contribution is -2.11. The van der Waals surface area contributed by atoms with Crippen molar-refractivity contribution in [3.63, 3.8) is 0 Å². The number of nitrogens with two attached hydrogens (primary N) is 1. The molecule has 0 aliphatic carbocycles. The van der Waals surface area contributed by atoms with E-state index in [2.05, 4.69) is 0 Å². The second kappa shape index (κ2) is 5.92. The minimum atomic E-state index is -0.410. The first-order valence-electron chi connectivity index (χ1n) is 5.99. The summed E-state index contributed by atoms with van der Waals surface area (Å²) in [6.45, 7) is 2.01. The van der Waals surface area contributed by atoms with Gasteiger partial charge in [0.25, 0.3) is 0 Å². The monoisotopic (exact) mass is 292 g/mol. The summed E-state index contributed by atoms with van der Waals surface area (Å²) >= 11 is 6.08. The molecule has 0 radical (unpaired) electrons. The van der Waals surface area contributed by atoms with Crippen LogP contribution in [0.4, 0.5) is 4.39 Å². The van der Waals surface area contributed by atoms with Crippen LogP contribution in [0.25, 0.3) is 0 Å². The van der Waals surface area contributed by atoms with Crippen molar-refractivity contribution in [3.8, 4) is 5.75 Å². The number of nitrogens with one attached hydrogen (secondary N) is 1. The smallest absolute Gasteiger partial charge is 0.165 e. The van der Waals surface area contributed by atoms with E-state index in [0.29, 0.717) is 16.1 Å². The Bertz CT molecular complexity index is 658. The molecule has 3 N–H and O–H groups in total. The number of aryl methyl sites for hydroxylation is 1. The molecule has 0 unspecified atom stereocenters. The lowest BCUT2D eigenvalue weighted by molar-refractivity contribution is 0.290. The van der Waals surface area contributed by atoms with Gasteiger partial charge in [-0.3, -0.25) is 5.41 Å². The van der Waals surface area contributed by atoms with Crippen LogP contribution in [0.2, 0.25) is 5.02 Å². The van der Waals surface area contributed by atoms with Gasteiger partial charge in [-0.25, -0.2) is 4.39 Å². The van der Waals surface area contributed by atoms with Crippen LogP contribution in [-0.4, -0.2) is 5.84 Å². The second-order valence-corrected chi connectivity index (χ2v) is 4.85. The van der Waals surface area contributed by atoms with Crippen molar-refractivity contribution >= 4 is 17.4 Å². The third-order valence-corrected chi connectivity index (χ3v) is 3.19. The van der Waals surface area contributed by atoms with E-state index in [0.717, 1.165) is 5.56 Å². The molecule has 2 rings (SSSR count). The molecule has 0 spiro atoms. The van der Waals surface area contributed by atoms with Gasteiger partial charge >= 0.3 is 0 Å². The Morgan fingerprint density at radius 3 is 2.70 bits per heavy atom. The molecule has 5 heteroatoms. The minimum absolute atomic E-state index is 0.0518. The summed E-state index contributed by atoms with van der Waals surface area (Å²) in [5, 5.41) is 7.76. The average Bonchev–Trinajstić information content (AvgIpc) is 2.40. The molecule has 2 aromatic carbocycles. The van der Waals surface area contributed by atoms with Crippen LogP contribution in [0.5, 0.6) is 5.75 Å². The van der Waals surface area contributed by atoms with Gasteiger partial charge in [-0.2, -0.15) is 0 Å². The molecule has 0 aliphatic rings. The molecule has 0 saturated heterocycles. The standard InChI is InChI=1S/C15H14ClFN2O/c1-9-2-5-13(17)14(6-9)20-8-11-4-3-10(15(18)19)7-12(11)16/h2-7H,8H2,1H3,(H3,18,19). The molecular weight excluding hydrogens is 279 g/mol. The van der Waals surface area contributed by atoms with Crippen molar-refractivity contribution < 1.29 is 9.13 Å². The number of halogens is 2. The second-order valence-electron chi connectivity index (χ2n) is 4.44. The first kappa shape index (κ1) is 14.3. The molecule has 104 valence electrons. The van der Waals surface area contributed by atoms with E-state index in [-0.39, 0.29) is 18.2 Å². The van der Waals surface area contributed by atoms with Gasteiger partial charge in [0.15, 0.2) is 11.6 Å². The molecule has 0 aromatic heterocycles. The molecule has 0 fully saturated rings. The van der Waals surface area contributed by atoms with Gasteiger partial charge in [0.05, 0.1) is 0 Å². The fraction of sp³-hybridized carbons (Fsp3) is 0.133. The third-order valence-electron chi connectivity index (χ3n) is 2.83. The maximum Gasteiger partial charge on any atom is 0.165 e. The van der Waals surface area contributed by atoms with Gasteiger partial charge in [0.2, 0.25) is 0 Å². The van der Waals surface area contributed by atoms with Crippen LogP contribution in [-0.2, 0) is 6.61 Å². The van der Waals surface area contributed by atoms with E-state index in [1.54, 1.807) is 30.3 Å². The van der Waals surface area contributed by atoms with Gasteiger partial charge in [-0.15, -0.1) is 0 Å². The molecule has 0 bridgehead atoms. The SMILES string of the molecule is Cc1ccc(F)c(OCc2ccc(C(=N)N)cc2Cl)c1. The van der Waals surface area contributed by atoms with Crippen molar-refractivity contribution in [1.82, 2.24) is 0 Å². The van der Waals surface area contributed by atoms with Crippen LogP contribution >= 0.6 is 11.6 Å². The van der Waals surface area contributed by atoms with Crippen LogP contribution in [0.3, 0.4) is 0 Å². The average molecular weight is 293 g/mol. The van der Waals surface area contributed by atoms with Crippen LogP contribution in [0.15, 0.2) is 36.4 Å². The highest BCUT2D eigenvalue weighted by molar-refractivity contribution is 6.31. The Hall–Kier alpha value is -2.07. The highest BCUT2D eigenvalue weighted by Gasteiger charge is 2.07. The summed E-state index contributed by atoms with van der Waals surface area (Å²) in [6.07, 6.45) is 0. The third kappa shape index (κ3) is 3.27. The molecule has 0 heterocycles. The van der Waals surface area contributed by atoms with Crippen molar-refractivity contribution in [2.45, 2.75) is 13.5 Å². The van der Waals surface area contributed by atoms with E-state index < -0.39 is 5.82 Å². The Morgan fingerprint density at radius 2 is 2.05 bits per heavy atom. The minimum Gasteiger partial charge on any atom is -0.486 e. The summed E-state index contributed by atoms with van der Waals surface area (Å²) in [5.41, 5.74) is 7.54. The van der Waals surface area contributed by atoms with E-state index in [9.17, 15) is 4.39 Å². The van der Waals surface area contributed by atoms with Gasteiger partial charge in [-0.1, -0.05) is 29.8 Å². The number of rotatable bonds is 4. The summed E-state index contributed by atoms with van der Waals surface area (Å²) in [6, 6.07) is 9.66. The predicted octanol–water partition coefficient (Wildman–Crippen LogP) is 3.65. The number of ether oxygens (including phenoxy) is 1. The highest BCUT2D eigenvalue weighted by Crippen LogP contribution is 2.23. The van der Waals surface area contributed by atoms with Crippen LogP contribution in [0.1, 0.15) is 16.7 Å². The van der Waals surface area contributed by atoms with Crippen molar-refractivity contribution in [2.75, 3.05) is 0 Å². The molecule has 2 aromatic rings. The Morgan fingerprint density at radius 1 is 1.30 bits per heavy atom. The zero-order chi connectivity index (χ0) is 14.7. The Labute approximate surface area is 121 Å². The van der Waals surface area contributed by atoms with Gasteiger partial charge in [0, 0.05) is 16.1 Å². The summed E-state index contributed by atoms with van der Waals surface area (Å²) in [4.78, 5) is 0. The number of hydrogen-bond donors (Lipinski definition) is 2. The number of hydrogen-bond acceptors (Lipinski definition) is 2. The van der Waals surface area contributed by atoms with Gasteiger partial charge in [0.1, 0.15) is 12.4 Å². The lowest BCUT2D eigenvalue weighted by Gasteiger charge is -2.10. The predicted molar refractivity (Wildman–Crippen MR) is 77.9 cm³/mol. The fourth-order valence-electron chi connectivity index (χ4n) is 1.71. The highest BCUT2D eigenvalue weighted by atomic mass is 35.5. The number of amidine groups is 1. The Kier molecular flexibility index (Phi) is 4.25. The molecule has 0 atom stereocenters. The molecular formula is C15H14ClFN2O. The van der Waals surface area contributed by atoms with Gasteiger partial charge in [-0.05, 0) is 30.7 Å². The largest absolute Gasteiger partial charge is 0.486 e. The first-order chi connectivity index (χ1) is 9.47. The van der Waals surface area contributed by atoms with Crippen LogP contribution in [0, 0.1) is 18.2 Å². The zero-order valence-electron chi connectivity index (χ0n) is 10.9. The van der Waals surface area contributed by atoms with Crippen molar-refractivity contribution in [1.29, 1.82) is 5.41 Å². The summed E-state index contributed by atoms with van der Waals surface area (Å²) in [7, 11) is 0. The van der Waals surface area contributed by atoms with E-state index in [4.69, 9.17) is 27.5 Å². The maximum atomic E-state index is 13.5. The number of benzene rings is 2. The van der Waals surface area contributed by atoms with Crippen molar-refractivity contribution in [2.24, 2.45) is 5.73 Å². The van der Waals surface area contributed by atoms with Crippen LogP contribution < -0.4 is 10.5 Å². The molecule has 0 saturated carbocycles. The molecule has 0 amide bonds. The normalized spacial score (nSPS) is 10.3. The number of nitrogen functional groups attached to an aromatic ring is 1.